The Hall–Kier alpha value is 0.270. The van der Waals surface area contributed by atoms with E-state index in [1.807, 2.05) is 0 Å². The largest absolute Gasteiger partial charge is 2.00 e. The summed E-state index contributed by atoms with van der Waals surface area (Å²) in [4.78, 5) is 0. The molecule has 101 valence electrons. The Labute approximate surface area is 109 Å². The van der Waals surface area contributed by atoms with E-state index in [1.165, 1.54) is 0 Å². The quantitative estimate of drug-likeness (QED) is 0.350. The predicted octanol–water partition coefficient (Wildman–Crippen LogP) is 0.100. The summed E-state index contributed by atoms with van der Waals surface area (Å²) in [7, 11) is -12.2. The van der Waals surface area contributed by atoms with Gasteiger partial charge in [-0.1, -0.05) is 0 Å². The zero-order valence-corrected chi connectivity index (χ0v) is 10.5. The molecule has 0 spiro atoms. The molecule has 0 aliphatic rings. The second-order valence-electron chi connectivity index (χ2n) is 1.80. The predicted molar refractivity (Wildman–Crippen MR) is 31.5 cm³/mol. The molecule has 0 saturated heterocycles. The van der Waals surface area contributed by atoms with Crippen LogP contribution >= 0.6 is 0 Å². The Bertz CT molecular complexity index is 374. The van der Waals surface area contributed by atoms with Gasteiger partial charge >= 0.3 is 36.9 Å². The van der Waals surface area contributed by atoms with Crippen LogP contribution in [0.4, 0.5) is 26.3 Å². The first-order valence-electron chi connectivity index (χ1n) is 2.54. The molecular formula is C2F6O6S2Sc. The summed E-state index contributed by atoms with van der Waals surface area (Å²) in [5.74, 6) is 0. The van der Waals surface area contributed by atoms with Crippen molar-refractivity contribution in [1.82, 2.24) is 0 Å². The van der Waals surface area contributed by atoms with Crippen LogP contribution in [0.3, 0.4) is 0 Å². The first-order valence-corrected chi connectivity index (χ1v) is 5.36. The number of alkyl halides is 6. The summed E-state index contributed by atoms with van der Waals surface area (Å²) >= 11 is 0. The molecule has 15 heteroatoms. The standard InChI is InChI=1S/2CHF3O3S.Sc/c2*2-1(3,4)8(5,6)7;/h2*(H,5,6,7);/q;;+2/p-2. The summed E-state index contributed by atoms with van der Waals surface area (Å²) in [6, 6.07) is 0. The van der Waals surface area contributed by atoms with Crippen molar-refractivity contribution >= 4 is 20.2 Å². The van der Waals surface area contributed by atoms with Gasteiger partial charge in [0.1, 0.15) is 0 Å². The molecule has 0 aliphatic carbocycles. The van der Waals surface area contributed by atoms with Crippen molar-refractivity contribution in [3.8, 4) is 0 Å². The molecule has 0 bridgehead atoms. The van der Waals surface area contributed by atoms with Crippen LogP contribution < -0.4 is 0 Å². The van der Waals surface area contributed by atoms with Crippen LogP contribution in [0.2, 0.25) is 0 Å². The van der Waals surface area contributed by atoms with E-state index in [0.717, 1.165) is 0 Å². The third-order valence-corrected chi connectivity index (χ3v) is 1.70. The van der Waals surface area contributed by atoms with E-state index in [9.17, 15) is 26.3 Å². The Morgan fingerprint density at radius 1 is 0.647 bits per heavy atom. The van der Waals surface area contributed by atoms with E-state index in [4.69, 9.17) is 25.9 Å². The second-order valence-corrected chi connectivity index (χ2v) is 4.54. The Morgan fingerprint density at radius 2 is 0.706 bits per heavy atom. The minimum Gasteiger partial charge on any atom is -0.741 e. The second kappa shape index (κ2) is 6.44. The molecule has 0 fully saturated rings. The van der Waals surface area contributed by atoms with Gasteiger partial charge in [-0.05, 0) is 0 Å². The van der Waals surface area contributed by atoms with Gasteiger partial charge in [0.05, 0.1) is 0 Å². The van der Waals surface area contributed by atoms with Crippen molar-refractivity contribution in [3.63, 3.8) is 0 Å². The van der Waals surface area contributed by atoms with Crippen LogP contribution in [-0.2, 0) is 46.1 Å². The van der Waals surface area contributed by atoms with Crippen LogP contribution in [0.5, 0.6) is 0 Å². The maximum absolute atomic E-state index is 10.7. The molecule has 6 nitrogen and oxygen atoms in total. The van der Waals surface area contributed by atoms with E-state index in [0.29, 0.717) is 0 Å². The van der Waals surface area contributed by atoms with Crippen LogP contribution in [0.25, 0.3) is 0 Å². The van der Waals surface area contributed by atoms with E-state index in [1.54, 1.807) is 0 Å². The molecule has 0 rings (SSSR count). The van der Waals surface area contributed by atoms with Crippen LogP contribution in [-0.4, -0.2) is 37.0 Å². The Morgan fingerprint density at radius 3 is 0.706 bits per heavy atom. The van der Waals surface area contributed by atoms with Gasteiger partial charge in [0.25, 0.3) is 0 Å². The van der Waals surface area contributed by atoms with Crippen LogP contribution in [0, 0.1) is 0 Å². The average Bonchev–Trinajstić information content (AvgIpc) is 1.77. The SMILES string of the molecule is O=S(=O)([O-])C(F)(F)F.O=S(=O)([O-])C(F)(F)F.[Sc+2]. The van der Waals surface area contributed by atoms with Gasteiger partial charge in [0.15, 0.2) is 20.2 Å². The summed E-state index contributed by atoms with van der Waals surface area (Å²) in [5, 5.41) is 0. The van der Waals surface area contributed by atoms with Gasteiger partial charge in [-0.15, -0.1) is 0 Å². The number of halogens is 6. The summed E-state index contributed by atoms with van der Waals surface area (Å²) in [6.07, 6.45) is 0. The van der Waals surface area contributed by atoms with Crippen molar-refractivity contribution in [2.75, 3.05) is 0 Å². The summed E-state index contributed by atoms with van der Waals surface area (Å²) in [5.41, 5.74) is -11.3. The third-order valence-electron chi connectivity index (χ3n) is 0.567. The average molecular weight is 343 g/mol. The molecule has 0 aromatic heterocycles. The van der Waals surface area contributed by atoms with Crippen molar-refractivity contribution in [2.45, 2.75) is 11.0 Å². The number of rotatable bonds is 0. The fourth-order valence-corrected chi connectivity index (χ4v) is 0. The Balaban J connectivity index is -0.000000218. The van der Waals surface area contributed by atoms with E-state index in [2.05, 4.69) is 0 Å². The molecule has 0 heterocycles. The summed E-state index contributed by atoms with van der Waals surface area (Å²) < 4.78 is 118. The van der Waals surface area contributed by atoms with Crippen molar-refractivity contribution in [2.24, 2.45) is 0 Å². The molecular weight excluding hydrogens is 343 g/mol. The van der Waals surface area contributed by atoms with Crippen LogP contribution in [0.1, 0.15) is 0 Å². The zero-order valence-electron chi connectivity index (χ0n) is 7.11. The summed E-state index contributed by atoms with van der Waals surface area (Å²) in [6.45, 7) is 0. The van der Waals surface area contributed by atoms with Gasteiger partial charge in [0, 0.05) is 0 Å². The van der Waals surface area contributed by atoms with Crippen molar-refractivity contribution < 1.29 is 78.1 Å². The topological polar surface area (TPSA) is 114 Å². The van der Waals surface area contributed by atoms with E-state index in [-0.39, 0.29) is 25.8 Å². The normalized spacial score (nSPS) is 13.2. The number of hydrogen-bond donors (Lipinski definition) is 0. The van der Waals surface area contributed by atoms with Gasteiger partial charge in [-0.2, -0.15) is 26.3 Å². The minimum atomic E-state index is -6.09. The first-order chi connectivity index (χ1) is 6.50. The molecule has 17 heavy (non-hydrogen) atoms. The van der Waals surface area contributed by atoms with Gasteiger partial charge in [-0.3, -0.25) is 0 Å². The van der Waals surface area contributed by atoms with Gasteiger partial charge in [-0.25, -0.2) is 16.8 Å². The molecule has 0 saturated carbocycles. The molecule has 0 aromatic carbocycles. The molecule has 0 unspecified atom stereocenters. The zero-order chi connectivity index (χ0) is 14.0. The van der Waals surface area contributed by atoms with E-state index < -0.39 is 31.3 Å². The number of hydrogen-bond acceptors (Lipinski definition) is 6. The van der Waals surface area contributed by atoms with Crippen LogP contribution in [0.15, 0.2) is 0 Å². The molecule has 0 atom stereocenters. The smallest absolute Gasteiger partial charge is 0.741 e. The molecule has 0 N–H and O–H groups in total. The third kappa shape index (κ3) is 9.93. The monoisotopic (exact) mass is 343 g/mol. The minimum absolute atomic E-state index is 0. The Kier molecular flexibility index (Phi) is 8.51. The fraction of sp³-hybridized carbons (Fsp3) is 1.00. The molecule has 0 aliphatic heterocycles. The maximum Gasteiger partial charge on any atom is 2.00 e. The maximum atomic E-state index is 10.7. The van der Waals surface area contributed by atoms with Gasteiger partial charge in [0.2, 0.25) is 0 Å². The van der Waals surface area contributed by atoms with Crippen molar-refractivity contribution in [3.05, 3.63) is 0 Å². The van der Waals surface area contributed by atoms with E-state index >= 15 is 0 Å². The molecule has 0 aromatic rings. The first kappa shape index (κ1) is 22.5. The molecule has 1 radical (unpaired) electrons. The van der Waals surface area contributed by atoms with Gasteiger partial charge < -0.3 is 9.11 Å². The molecule has 0 amide bonds. The fourth-order valence-electron chi connectivity index (χ4n) is 0. The van der Waals surface area contributed by atoms with Crippen molar-refractivity contribution in [1.29, 1.82) is 0 Å².